The Morgan fingerprint density at radius 3 is 2.25 bits per heavy atom. The molecule has 104 valence electrons. The Labute approximate surface area is 120 Å². The van der Waals surface area contributed by atoms with Crippen molar-refractivity contribution in [3.8, 4) is 0 Å². The van der Waals surface area contributed by atoms with E-state index in [1.807, 2.05) is 0 Å². The summed E-state index contributed by atoms with van der Waals surface area (Å²) in [5, 5.41) is 2.43. The Bertz CT molecular complexity index is 611. The summed E-state index contributed by atoms with van der Waals surface area (Å²) in [6.45, 7) is 0. The molecule has 2 aromatic rings. The number of anilines is 1. The lowest BCUT2D eigenvalue weighted by Gasteiger charge is -2.07. The quantitative estimate of drug-likeness (QED) is 0.906. The van der Waals surface area contributed by atoms with Crippen LogP contribution in [0.2, 0.25) is 0 Å². The predicted molar refractivity (Wildman–Crippen MR) is 69.1 cm³/mol. The van der Waals surface area contributed by atoms with Crippen molar-refractivity contribution in [3.05, 3.63) is 52.4 Å². The number of benzene rings is 1. The van der Waals surface area contributed by atoms with E-state index in [1.54, 1.807) is 0 Å². The summed E-state index contributed by atoms with van der Waals surface area (Å²) in [4.78, 5) is 19.5. The molecule has 0 saturated heterocycles. The molecule has 0 unspecified atom stereocenters. The molecule has 1 heterocycles. The summed E-state index contributed by atoms with van der Waals surface area (Å²) in [5.41, 5.74) is -0.708. The molecular formula is C12H7BrF3N3O. The van der Waals surface area contributed by atoms with Gasteiger partial charge in [-0.1, -0.05) is 0 Å². The van der Waals surface area contributed by atoms with Gasteiger partial charge in [-0.3, -0.25) is 4.79 Å². The number of halogens is 4. The average molecular weight is 346 g/mol. The molecule has 1 amide bonds. The van der Waals surface area contributed by atoms with Gasteiger partial charge in [0, 0.05) is 5.56 Å². The maximum absolute atomic E-state index is 12.4. The number of hydrogen-bond acceptors (Lipinski definition) is 3. The molecule has 8 heteroatoms. The van der Waals surface area contributed by atoms with E-state index in [9.17, 15) is 18.0 Å². The zero-order valence-corrected chi connectivity index (χ0v) is 11.4. The van der Waals surface area contributed by atoms with Gasteiger partial charge in [0.1, 0.15) is 4.60 Å². The second-order valence-corrected chi connectivity index (χ2v) is 4.57. The molecule has 1 aromatic carbocycles. The van der Waals surface area contributed by atoms with Gasteiger partial charge >= 0.3 is 6.18 Å². The van der Waals surface area contributed by atoms with Crippen molar-refractivity contribution in [2.45, 2.75) is 6.18 Å². The number of carbonyl (C=O) groups is 1. The van der Waals surface area contributed by atoms with Gasteiger partial charge in [-0.15, -0.1) is 0 Å². The Morgan fingerprint density at radius 2 is 1.75 bits per heavy atom. The van der Waals surface area contributed by atoms with Gasteiger partial charge in [-0.25, -0.2) is 9.97 Å². The lowest BCUT2D eigenvalue weighted by atomic mass is 10.1. The molecule has 2 rings (SSSR count). The SMILES string of the molecule is O=C(Nc1cnc(Br)cn1)c1ccc(C(F)(F)F)cc1. The number of amides is 1. The van der Waals surface area contributed by atoms with Crippen LogP contribution in [0, 0.1) is 0 Å². The Morgan fingerprint density at radius 1 is 1.10 bits per heavy atom. The summed E-state index contributed by atoms with van der Waals surface area (Å²) >= 11 is 3.09. The van der Waals surface area contributed by atoms with Crippen LogP contribution >= 0.6 is 15.9 Å². The molecule has 0 radical (unpaired) electrons. The van der Waals surface area contributed by atoms with Crippen molar-refractivity contribution in [2.75, 3.05) is 5.32 Å². The topological polar surface area (TPSA) is 54.9 Å². The van der Waals surface area contributed by atoms with E-state index in [0.29, 0.717) is 4.60 Å². The number of rotatable bonds is 2. The molecule has 0 aliphatic carbocycles. The van der Waals surface area contributed by atoms with Crippen molar-refractivity contribution >= 4 is 27.7 Å². The minimum absolute atomic E-state index is 0.0997. The van der Waals surface area contributed by atoms with E-state index < -0.39 is 17.6 Å². The third kappa shape index (κ3) is 3.53. The van der Waals surface area contributed by atoms with Crippen LogP contribution in [0.1, 0.15) is 15.9 Å². The fourth-order valence-corrected chi connectivity index (χ4v) is 1.58. The van der Waals surface area contributed by atoms with Crippen LogP contribution in [0.25, 0.3) is 0 Å². The summed E-state index contributed by atoms with van der Waals surface area (Å²) in [7, 11) is 0. The summed E-state index contributed by atoms with van der Waals surface area (Å²) in [6.07, 6.45) is -1.71. The molecule has 4 nitrogen and oxygen atoms in total. The highest BCUT2D eigenvalue weighted by molar-refractivity contribution is 9.10. The van der Waals surface area contributed by atoms with E-state index in [-0.39, 0.29) is 11.4 Å². The van der Waals surface area contributed by atoms with Crippen LogP contribution in [0.3, 0.4) is 0 Å². The van der Waals surface area contributed by atoms with E-state index in [2.05, 4.69) is 31.2 Å². The van der Waals surface area contributed by atoms with Gasteiger partial charge in [-0.2, -0.15) is 13.2 Å². The van der Waals surface area contributed by atoms with Gasteiger partial charge in [-0.05, 0) is 40.2 Å². The van der Waals surface area contributed by atoms with E-state index in [1.165, 1.54) is 12.4 Å². The molecular weight excluding hydrogens is 339 g/mol. The molecule has 0 bridgehead atoms. The first-order valence-corrected chi connectivity index (χ1v) is 6.12. The second kappa shape index (κ2) is 5.58. The first-order valence-electron chi connectivity index (χ1n) is 5.32. The monoisotopic (exact) mass is 345 g/mol. The second-order valence-electron chi connectivity index (χ2n) is 3.75. The van der Waals surface area contributed by atoms with E-state index in [4.69, 9.17) is 0 Å². The lowest BCUT2D eigenvalue weighted by Crippen LogP contribution is -2.13. The third-order valence-electron chi connectivity index (χ3n) is 2.34. The Hall–Kier alpha value is -1.96. The lowest BCUT2D eigenvalue weighted by molar-refractivity contribution is -0.137. The summed E-state index contributed by atoms with van der Waals surface area (Å²) in [6, 6.07) is 3.90. The molecule has 0 aliphatic rings. The zero-order valence-electron chi connectivity index (χ0n) is 9.78. The van der Waals surface area contributed by atoms with Gasteiger partial charge in [0.2, 0.25) is 0 Å². The van der Waals surface area contributed by atoms with Crippen LogP contribution in [-0.2, 0) is 6.18 Å². The molecule has 0 spiro atoms. The van der Waals surface area contributed by atoms with Crippen LogP contribution < -0.4 is 5.32 Å². The molecule has 0 atom stereocenters. The molecule has 1 aromatic heterocycles. The Balaban J connectivity index is 2.11. The van der Waals surface area contributed by atoms with E-state index >= 15 is 0 Å². The van der Waals surface area contributed by atoms with Crippen molar-refractivity contribution in [3.63, 3.8) is 0 Å². The minimum Gasteiger partial charge on any atom is -0.305 e. The highest BCUT2D eigenvalue weighted by atomic mass is 79.9. The zero-order chi connectivity index (χ0) is 14.8. The minimum atomic E-state index is -4.42. The summed E-state index contributed by atoms with van der Waals surface area (Å²) < 4.78 is 37.7. The number of carbonyl (C=O) groups excluding carboxylic acids is 1. The number of nitrogens with one attached hydrogen (secondary N) is 1. The van der Waals surface area contributed by atoms with Crippen LogP contribution in [0.5, 0.6) is 0 Å². The largest absolute Gasteiger partial charge is 0.416 e. The third-order valence-corrected chi connectivity index (χ3v) is 2.75. The molecule has 1 N–H and O–H groups in total. The van der Waals surface area contributed by atoms with Crippen molar-refractivity contribution in [1.82, 2.24) is 9.97 Å². The first kappa shape index (κ1) is 14.4. The first-order chi connectivity index (χ1) is 9.36. The van der Waals surface area contributed by atoms with E-state index in [0.717, 1.165) is 24.3 Å². The highest BCUT2D eigenvalue weighted by Gasteiger charge is 2.30. The number of aromatic nitrogens is 2. The number of nitrogens with zero attached hydrogens (tertiary/aromatic N) is 2. The fourth-order valence-electron chi connectivity index (χ4n) is 1.38. The van der Waals surface area contributed by atoms with Crippen LogP contribution in [-0.4, -0.2) is 15.9 Å². The van der Waals surface area contributed by atoms with Gasteiger partial charge in [0.05, 0.1) is 18.0 Å². The maximum Gasteiger partial charge on any atom is 0.416 e. The number of hydrogen-bond donors (Lipinski definition) is 1. The maximum atomic E-state index is 12.4. The van der Waals surface area contributed by atoms with Crippen LogP contribution in [0.15, 0.2) is 41.3 Å². The standard InChI is InChI=1S/C12H7BrF3N3O/c13-9-5-18-10(6-17-9)19-11(20)7-1-3-8(4-2-7)12(14,15)16/h1-6H,(H,18,19,20). The van der Waals surface area contributed by atoms with Gasteiger partial charge in [0.15, 0.2) is 5.82 Å². The normalized spacial score (nSPS) is 11.2. The van der Waals surface area contributed by atoms with Crippen molar-refractivity contribution in [2.24, 2.45) is 0 Å². The molecule has 0 aliphatic heterocycles. The molecule has 0 saturated carbocycles. The Kier molecular flexibility index (Phi) is 4.03. The van der Waals surface area contributed by atoms with Gasteiger partial charge in [0.25, 0.3) is 5.91 Å². The molecule has 20 heavy (non-hydrogen) atoms. The van der Waals surface area contributed by atoms with Crippen molar-refractivity contribution < 1.29 is 18.0 Å². The average Bonchev–Trinajstić information content (AvgIpc) is 2.40. The van der Waals surface area contributed by atoms with Crippen LogP contribution in [0.4, 0.5) is 19.0 Å². The predicted octanol–water partition coefficient (Wildman–Crippen LogP) is 3.51. The number of alkyl halides is 3. The molecule has 0 fully saturated rings. The smallest absolute Gasteiger partial charge is 0.305 e. The van der Waals surface area contributed by atoms with Crippen molar-refractivity contribution in [1.29, 1.82) is 0 Å². The summed E-state index contributed by atoms with van der Waals surface area (Å²) in [5.74, 6) is -0.353. The van der Waals surface area contributed by atoms with Gasteiger partial charge < -0.3 is 5.32 Å². The fraction of sp³-hybridized carbons (Fsp3) is 0.0833. The highest BCUT2D eigenvalue weighted by Crippen LogP contribution is 2.29.